The molecule has 118 valence electrons. The normalized spacial score (nSPS) is 22.6. The third-order valence-corrected chi connectivity index (χ3v) is 4.52. The smallest absolute Gasteiger partial charge is 0.191 e. The van der Waals surface area contributed by atoms with Gasteiger partial charge in [0.1, 0.15) is 0 Å². The molecular weight excluding hydrogens is 363 g/mol. The number of aliphatic imine (C=N–C) groups is 1. The largest absolute Gasteiger partial charge is 0.355 e. The lowest BCUT2D eigenvalue weighted by atomic mass is 9.99. The molecule has 20 heavy (non-hydrogen) atoms. The SMILES string of the molecule is CN=C(NCCN1CCC(C)CC1)NC1CCCC1.I. The van der Waals surface area contributed by atoms with Crippen LogP contribution in [0.25, 0.3) is 0 Å². The van der Waals surface area contributed by atoms with Gasteiger partial charge in [0.15, 0.2) is 5.96 Å². The Bertz CT molecular complexity index is 282. The number of likely N-dealkylation sites (tertiary alicyclic amines) is 1. The van der Waals surface area contributed by atoms with Gasteiger partial charge in [-0.05, 0) is 44.7 Å². The number of hydrogen-bond acceptors (Lipinski definition) is 2. The van der Waals surface area contributed by atoms with E-state index in [1.807, 2.05) is 7.05 Å². The van der Waals surface area contributed by atoms with Crippen LogP contribution in [-0.2, 0) is 0 Å². The summed E-state index contributed by atoms with van der Waals surface area (Å²) >= 11 is 0. The van der Waals surface area contributed by atoms with Crippen LogP contribution in [0.5, 0.6) is 0 Å². The number of halogens is 1. The van der Waals surface area contributed by atoms with Crippen molar-refractivity contribution in [3.05, 3.63) is 0 Å². The molecule has 0 spiro atoms. The predicted molar refractivity (Wildman–Crippen MR) is 97.0 cm³/mol. The van der Waals surface area contributed by atoms with Crippen molar-refractivity contribution in [1.29, 1.82) is 0 Å². The van der Waals surface area contributed by atoms with Crippen molar-refractivity contribution in [2.45, 2.75) is 51.5 Å². The monoisotopic (exact) mass is 394 g/mol. The molecule has 1 aliphatic heterocycles. The van der Waals surface area contributed by atoms with E-state index in [-0.39, 0.29) is 24.0 Å². The average Bonchev–Trinajstić information content (AvgIpc) is 2.93. The molecule has 0 amide bonds. The van der Waals surface area contributed by atoms with Crippen LogP contribution in [0.3, 0.4) is 0 Å². The Morgan fingerprint density at radius 2 is 1.80 bits per heavy atom. The van der Waals surface area contributed by atoms with Gasteiger partial charge in [0.25, 0.3) is 0 Å². The molecule has 1 saturated heterocycles. The minimum absolute atomic E-state index is 0. The van der Waals surface area contributed by atoms with Crippen LogP contribution in [0, 0.1) is 5.92 Å². The van der Waals surface area contributed by atoms with Gasteiger partial charge in [0.05, 0.1) is 0 Å². The van der Waals surface area contributed by atoms with Crippen LogP contribution in [-0.4, -0.2) is 50.1 Å². The van der Waals surface area contributed by atoms with Gasteiger partial charge in [-0.3, -0.25) is 4.99 Å². The van der Waals surface area contributed by atoms with Gasteiger partial charge < -0.3 is 15.5 Å². The van der Waals surface area contributed by atoms with Gasteiger partial charge >= 0.3 is 0 Å². The Labute approximate surface area is 141 Å². The highest BCUT2D eigenvalue weighted by Gasteiger charge is 2.17. The zero-order valence-corrected chi connectivity index (χ0v) is 15.4. The molecule has 1 saturated carbocycles. The molecule has 1 heterocycles. The lowest BCUT2D eigenvalue weighted by Crippen LogP contribution is -2.45. The van der Waals surface area contributed by atoms with Crippen molar-refractivity contribution in [2.24, 2.45) is 10.9 Å². The second-order valence-corrected chi connectivity index (χ2v) is 6.15. The first kappa shape index (κ1) is 18.0. The second kappa shape index (κ2) is 9.82. The van der Waals surface area contributed by atoms with Gasteiger partial charge in [-0.25, -0.2) is 0 Å². The maximum absolute atomic E-state index is 4.32. The van der Waals surface area contributed by atoms with Gasteiger partial charge in [0.2, 0.25) is 0 Å². The van der Waals surface area contributed by atoms with Gasteiger partial charge in [-0.1, -0.05) is 19.8 Å². The van der Waals surface area contributed by atoms with E-state index >= 15 is 0 Å². The molecule has 0 aromatic carbocycles. The van der Waals surface area contributed by atoms with Crippen molar-refractivity contribution in [3.63, 3.8) is 0 Å². The van der Waals surface area contributed by atoms with E-state index in [1.165, 1.54) is 51.6 Å². The fourth-order valence-electron chi connectivity index (χ4n) is 3.08. The molecule has 0 atom stereocenters. The van der Waals surface area contributed by atoms with Gasteiger partial charge in [-0.2, -0.15) is 0 Å². The number of rotatable bonds is 4. The zero-order chi connectivity index (χ0) is 13.5. The molecule has 0 aromatic rings. The summed E-state index contributed by atoms with van der Waals surface area (Å²) in [6, 6.07) is 0.641. The maximum atomic E-state index is 4.32. The van der Waals surface area contributed by atoms with E-state index in [9.17, 15) is 0 Å². The van der Waals surface area contributed by atoms with E-state index in [0.717, 1.165) is 25.0 Å². The standard InChI is InChI=1S/C15H30N4.HI/c1-13-7-10-19(11-8-13)12-9-17-15(16-2)18-14-5-3-4-6-14;/h13-14H,3-12H2,1-2H3,(H2,16,17,18);1H. The van der Waals surface area contributed by atoms with E-state index in [0.29, 0.717) is 6.04 Å². The quantitative estimate of drug-likeness (QED) is 0.437. The summed E-state index contributed by atoms with van der Waals surface area (Å²) in [4.78, 5) is 6.89. The third-order valence-electron chi connectivity index (χ3n) is 4.52. The molecule has 2 aliphatic rings. The fraction of sp³-hybridized carbons (Fsp3) is 0.933. The van der Waals surface area contributed by atoms with E-state index < -0.39 is 0 Å². The second-order valence-electron chi connectivity index (χ2n) is 6.15. The van der Waals surface area contributed by atoms with Crippen molar-refractivity contribution in [2.75, 3.05) is 33.2 Å². The van der Waals surface area contributed by atoms with E-state index in [2.05, 4.69) is 27.4 Å². The predicted octanol–water partition coefficient (Wildman–Crippen LogP) is 2.44. The molecule has 1 aliphatic carbocycles. The summed E-state index contributed by atoms with van der Waals surface area (Å²) in [7, 11) is 1.87. The molecule has 5 heteroatoms. The molecule has 0 bridgehead atoms. The van der Waals surface area contributed by atoms with Crippen molar-refractivity contribution in [1.82, 2.24) is 15.5 Å². The molecule has 0 unspecified atom stereocenters. The molecular formula is C15H31IN4. The number of hydrogen-bond donors (Lipinski definition) is 2. The van der Waals surface area contributed by atoms with Crippen molar-refractivity contribution < 1.29 is 0 Å². The van der Waals surface area contributed by atoms with Crippen LogP contribution in [0.15, 0.2) is 4.99 Å². The highest BCUT2D eigenvalue weighted by atomic mass is 127. The summed E-state index contributed by atoms with van der Waals surface area (Å²) in [6.45, 7) is 7.02. The van der Waals surface area contributed by atoms with Crippen molar-refractivity contribution in [3.8, 4) is 0 Å². The lowest BCUT2D eigenvalue weighted by Gasteiger charge is -2.30. The van der Waals surface area contributed by atoms with Crippen LogP contribution >= 0.6 is 24.0 Å². The number of piperidine rings is 1. The Kier molecular flexibility index (Phi) is 8.84. The fourth-order valence-corrected chi connectivity index (χ4v) is 3.08. The zero-order valence-electron chi connectivity index (χ0n) is 13.0. The first-order chi connectivity index (χ1) is 9.28. The Morgan fingerprint density at radius 1 is 1.15 bits per heavy atom. The molecule has 2 rings (SSSR count). The summed E-state index contributed by atoms with van der Waals surface area (Å²) in [5.41, 5.74) is 0. The first-order valence-corrected chi connectivity index (χ1v) is 7.97. The highest BCUT2D eigenvalue weighted by molar-refractivity contribution is 14.0. The Balaban J connectivity index is 0.00000200. The number of nitrogens with zero attached hydrogens (tertiary/aromatic N) is 2. The van der Waals surface area contributed by atoms with Crippen LogP contribution in [0.4, 0.5) is 0 Å². The van der Waals surface area contributed by atoms with Gasteiger partial charge in [-0.15, -0.1) is 24.0 Å². The molecule has 2 N–H and O–H groups in total. The Morgan fingerprint density at radius 3 is 2.40 bits per heavy atom. The van der Waals surface area contributed by atoms with E-state index in [4.69, 9.17) is 0 Å². The third kappa shape index (κ3) is 6.16. The summed E-state index contributed by atoms with van der Waals surface area (Å²) < 4.78 is 0. The minimum atomic E-state index is 0. The van der Waals surface area contributed by atoms with Crippen molar-refractivity contribution >= 4 is 29.9 Å². The van der Waals surface area contributed by atoms with Crippen LogP contribution < -0.4 is 10.6 Å². The first-order valence-electron chi connectivity index (χ1n) is 7.97. The van der Waals surface area contributed by atoms with Crippen LogP contribution in [0.1, 0.15) is 45.4 Å². The topological polar surface area (TPSA) is 39.7 Å². The van der Waals surface area contributed by atoms with E-state index in [1.54, 1.807) is 0 Å². The molecule has 2 fully saturated rings. The molecule has 0 aromatic heterocycles. The highest BCUT2D eigenvalue weighted by Crippen LogP contribution is 2.17. The number of guanidine groups is 1. The summed E-state index contributed by atoms with van der Waals surface area (Å²) in [5, 5.41) is 6.98. The summed E-state index contributed by atoms with van der Waals surface area (Å²) in [6.07, 6.45) is 8.03. The lowest BCUT2D eigenvalue weighted by molar-refractivity contribution is 0.195. The minimum Gasteiger partial charge on any atom is -0.355 e. The maximum Gasteiger partial charge on any atom is 0.191 e. The molecule has 4 nitrogen and oxygen atoms in total. The molecule has 0 radical (unpaired) electrons. The summed E-state index contributed by atoms with van der Waals surface area (Å²) in [5.74, 6) is 1.90. The van der Waals surface area contributed by atoms with Gasteiger partial charge in [0, 0.05) is 26.2 Å². The Hall–Kier alpha value is -0.0400. The van der Waals surface area contributed by atoms with Crippen LogP contribution in [0.2, 0.25) is 0 Å². The number of nitrogens with one attached hydrogen (secondary N) is 2. The average molecular weight is 394 g/mol.